The summed E-state index contributed by atoms with van der Waals surface area (Å²) in [6, 6.07) is 7.48. The smallest absolute Gasteiger partial charge is 0.163 e. The highest BCUT2D eigenvalue weighted by Crippen LogP contribution is 2.22. The summed E-state index contributed by atoms with van der Waals surface area (Å²) in [5.74, 6) is 0.826. The summed E-state index contributed by atoms with van der Waals surface area (Å²) in [6.45, 7) is 7.90. The molecule has 0 N–H and O–H groups in total. The summed E-state index contributed by atoms with van der Waals surface area (Å²) in [4.78, 5) is 11.4. The molecule has 1 unspecified atom stereocenters. The van der Waals surface area contributed by atoms with E-state index in [1.807, 2.05) is 45.0 Å². The minimum atomic E-state index is -0.465. The molecule has 0 saturated carbocycles. The van der Waals surface area contributed by atoms with Gasteiger partial charge in [0, 0.05) is 6.61 Å². The molecule has 0 bridgehead atoms. The lowest BCUT2D eigenvalue weighted by Crippen LogP contribution is -2.13. The summed E-state index contributed by atoms with van der Waals surface area (Å²) in [7, 11) is 0. The SMILES string of the molecule is CCOC(C(C)=O)c1ccc(OC(C)C)cc1. The molecule has 94 valence electrons. The van der Waals surface area contributed by atoms with Crippen molar-refractivity contribution in [2.45, 2.75) is 39.9 Å². The second kappa shape index (κ2) is 6.40. The van der Waals surface area contributed by atoms with Gasteiger partial charge in [-0.2, -0.15) is 0 Å². The molecule has 0 heterocycles. The van der Waals surface area contributed by atoms with E-state index in [9.17, 15) is 4.79 Å². The third kappa shape index (κ3) is 4.19. The van der Waals surface area contributed by atoms with E-state index in [-0.39, 0.29) is 11.9 Å². The molecule has 0 amide bonds. The third-order valence-electron chi connectivity index (χ3n) is 2.26. The molecule has 1 rings (SSSR count). The molecule has 1 aromatic rings. The fourth-order valence-corrected chi connectivity index (χ4v) is 1.61. The van der Waals surface area contributed by atoms with Crippen molar-refractivity contribution in [3.8, 4) is 5.75 Å². The number of ether oxygens (including phenoxy) is 2. The molecule has 0 radical (unpaired) electrons. The van der Waals surface area contributed by atoms with Crippen LogP contribution in [0.5, 0.6) is 5.75 Å². The number of hydrogen-bond acceptors (Lipinski definition) is 3. The molecule has 0 fully saturated rings. The fraction of sp³-hybridized carbons (Fsp3) is 0.500. The van der Waals surface area contributed by atoms with Gasteiger partial charge in [0.2, 0.25) is 0 Å². The van der Waals surface area contributed by atoms with Crippen LogP contribution in [-0.4, -0.2) is 18.5 Å². The Kier molecular flexibility index (Phi) is 5.16. The van der Waals surface area contributed by atoms with E-state index in [4.69, 9.17) is 9.47 Å². The topological polar surface area (TPSA) is 35.5 Å². The van der Waals surface area contributed by atoms with E-state index < -0.39 is 6.10 Å². The maximum atomic E-state index is 11.4. The number of benzene rings is 1. The van der Waals surface area contributed by atoms with Crippen molar-refractivity contribution >= 4 is 5.78 Å². The Morgan fingerprint density at radius 1 is 1.24 bits per heavy atom. The van der Waals surface area contributed by atoms with E-state index in [1.165, 1.54) is 0 Å². The van der Waals surface area contributed by atoms with Gasteiger partial charge in [0.05, 0.1) is 6.10 Å². The normalized spacial score (nSPS) is 12.5. The van der Waals surface area contributed by atoms with Gasteiger partial charge in [0.25, 0.3) is 0 Å². The van der Waals surface area contributed by atoms with E-state index in [0.29, 0.717) is 6.61 Å². The molecule has 0 saturated heterocycles. The van der Waals surface area contributed by atoms with Crippen molar-refractivity contribution in [1.82, 2.24) is 0 Å². The Morgan fingerprint density at radius 3 is 2.24 bits per heavy atom. The highest BCUT2D eigenvalue weighted by molar-refractivity contribution is 5.81. The minimum Gasteiger partial charge on any atom is -0.491 e. The molecule has 1 atom stereocenters. The molecule has 3 heteroatoms. The minimum absolute atomic E-state index is 0.0179. The van der Waals surface area contributed by atoms with Gasteiger partial charge in [0.1, 0.15) is 11.9 Å². The Bertz CT molecular complexity index is 354. The van der Waals surface area contributed by atoms with Crippen molar-refractivity contribution in [3.63, 3.8) is 0 Å². The lowest BCUT2D eigenvalue weighted by molar-refractivity contribution is -0.128. The van der Waals surface area contributed by atoms with Crippen LogP contribution in [0.1, 0.15) is 39.4 Å². The van der Waals surface area contributed by atoms with Crippen molar-refractivity contribution in [2.75, 3.05) is 6.61 Å². The van der Waals surface area contributed by atoms with E-state index >= 15 is 0 Å². The number of carbonyl (C=O) groups is 1. The van der Waals surface area contributed by atoms with Gasteiger partial charge in [-0.25, -0.2) is 0 Å². The number of hydrogen-bond donors (Lipinski definition) is 0. The van der Waals surface area contributed by atoms with Crippen LogP contribution in [0.2, 0.25) is 0 Å². The summed E-state index contributed by atoms with van der Waals surface area (Å²) < 4.78 is 11.0. The van der Waals surface area contributed by atoms with Crippen molar-refractivity contribution in [3.05, 3.63) is 29.8 Å². The van der Waals surface area contributed by atoms with Gasteiger partial charge in [-0.1, -0.05) is 12.1 Å². The lowest BCUT2D eigenvalue weighted by atomic mass is 10.1. The van der Waals surface area contributed by atoms with Gasteiger partial charge in [0.15, 0.2) is 5.78 Å². The molecular formula is C14H20O3. The Balaban J connectivity index is 2.80. The summed E-state index contributed by atoms with van der Waals surface area (Å²) in [5, 5.41) is 0. The first kappa shape index (κ1) is 13.7. The van der Waals surface area contributed by atoms with Crippen LogP contribution in [0.15, 0.2) is 24.3 Å². The van der Waals surface area contributed by atoms with Crippen LogP contribution in [0.4, 0.5) is 0 Å². The summed E-state index contributed by atoms with van der Waals surface area (Å²) in [6.07, 6.45) is -0.315. The van der Waals surface area contributed by atoms with Crippen molar-refractivity contribution < 1.29 is 14.3 Å². The third-order valence-corrected chi connectivity index (χ3v) is 2.26. The van der Waals surface area contributed by atoms with E-state index in [0.717, 1.165) is 11.3 Å². The molecule has 0 aromatic heterocycles. The molecule has 0 spiro atoms. The monoisotopic (exact) mass is 236 g/mol. The van der Waals surface area contributed by atoms with Crippen LogP contribution in [0.25, 0.3) is 0 Å². The second-order valence-corrected chi connectivity index (χ2v) is 4.18. The first-order valence-electron chi connectivity index (χ1n) is 5.93. The first-order valence-corrected chi connectivity index (χ1v) is 5.93. The molecule has 0 aliphatic carbocycles. The molecule has 17 heavy (non-hydrogen) atoms. The molecule has 0 aliphatic heterocycles. The average molecular weight is 236 g/mol. The van der Waals surface area contributed by atoms with Crippen LogP contribution >= 0.6 is 0 Å². The van der Waals surface area contributed by atoms with E-state index in [2.05, 4.69) is 0 Å². The Hall–Kier alpha value is -1.35. The highest BCUT2D eigenvalue weighted by atomic mass is 16.5. The zero-order valence-electron chi connectivity index (χ0n) is 10.9. The lowest BCUT2D eigenvalue weighted by Gasteiger charge is -2.15. The molecule has 1 aromatic carbocycles. The maximum Gasteiger partial charge on any atom is 0.163 e. The largest absolute Gasteiger partial charge is 0.491 e. The first-order chi connectivity index (χ1) is 8.04. The van der Waals surface area contributed by atoms with Crippen molar-refractivity contribution in [2.24, 2.45) is 0 Å². The number of carbonyl (C=O) groups excluding carboxylic acids is 1. The van der Waals surface area contributed by atoms with Crippen LogP contribution in [0, 0.1) is 0 Å². The average Bonchev–Trinajstić information content (AvgIpc) is 2.26. The van der Waals surface area contributed by atoms with Gasteiger partial charge >= 0.3 is 0 Å². The standard InChI is InChI=1S/C14H20O3/c1-5-16-14(11(4)15)12-6-8-13(9-7-12)17-10(2)3/h6-10,14H,5H2,1-4H3. The fourth-order valence-electron chi connectivity index (χ4n) is 1.61. The van der Waals surface area contributed by atoms with Crippen LogP contribution < -0.4 is 4.74 Å². The number of ketones is 1. The highest BCUT2D eigenvalue weighted by Gasteiger charge is 2.16. The Morgan fingerprint density at radius 2 is 1.82 bits per heavy atom. The van der Waals surface area contributed by atoms with Crippen molar-refractivity contribution in [1.29, 1.82) is 0 Å². The maximum absolute atomic E-state index is 11.4. The zero-order valence-corrected chi connectivity index (χ0v) is 10.9. The van der Waals surface area contributed by atoms with Crippen LogP contribution in [-0.2, 0) is 9.53 Å². The quantitative estimate of drug-likeness (QED) is 0.761. The predicted molar refractivity (Wildman–Crippen MR) is 67.3 cm³/mol. The molecular weight excluding hydrogens is 216 g/mol. The number of Topliss-reactive ketones (excluding diaryl/α,β-unsaturated/α-hetero) is 1. The van der Waals surface area contributed by atoms with Crippen LogP contribution in [0.3, 0.4) is 0 Å². The molecule has 3 nitrogen and oxygen atoms in total. The molecule has 0 aliphatic rings. The summed E-state index contributed by atoms with van der Waals surface area (Å²) >= 11 is 0. The summed E-state index contributed by atoms with van der Waals surface area (Å²) in [5.41, 5.74) is 0.871. The van der Waals surface area contributed by atoms with Gasteiger partial charge in [-0.3, -0.25) is 4.79 Å². The van der Waals surface area contributed by atoms with Gasteiger partial charge in [-0.05, 0) is 45.4 Å². The zero-order chi connectivity index (χ0) is 12.8. The predicted octanol–water partition coefficient (Wildman–Crippen LogP) is 3.14. The number of rotatable bonds is 6. The second-order valence-electron chi connectivity index (χ2n) is 4.18. The Labute approximate surface area is 103 Å². The van der Waals surface area contributed by atoms with Gasteiger partial charge < -0.3 is 9.47 Å². The van der Waals surface area contributed by atoms with E-state index in [1.54, 1.807) is 6.92 Å². The van der Waals surface area contributed by atoms with Gasteiger partial charge in [-0.15, -0.1) is 0 Å².